The van der Waals surface area contributed by atoms with Crippen molar-refractivity contribution in [2.45, 2.75) is 11.4 Å². The maximum absolute atomic E-state index is 12.9. The van der Waals surface area contributed by atoms with Gasteiger partial charge in [-0.3, -0.25) is 14.5 Å². The summed E-state index contributed by atoms with van der Waals surface area (Å²) >= 11 is 3.30. The third-order valence-electron chi connectivity index (χ3n) is 3.97. The molecule has 1 heterocycles. The number of amides is 1. The summed E-state index contributed by atoms with van der Waals surface area (Å²) in [6.07, 6.45) is 1.63. The second-order valence-electron chi connectivity index (χ2n) is 5.98. The van der Waals surface area contributed by atoms with Crippen molar-refractivity contribution in [3.63, 3.8) is 0 Å². The third-order valence-corrected chi connectivity index (χ3v) is 5.90. The fourth-order valence-electron chi connectivity index (χ4n) is 2.53. The van der Waals surface area contributed by atoms with Crippen molar-refractivity contribution in [2.75, 3.05) is 11.8 Å². The van der Waals surface area contributed by atoms with Gasteiger partial charge in [-0.15, -0.1) is 0 Å². The van der Waals surface area contributed by atoms with E-state index in [1.54, 1.807) is 42.6 Å². The number of hydrogen-bond acceptors (Lipinski definition) is 5. The van der Waals surface area contributed by atoms with Gasteiger partial charge in [-0.25, -0.2) is 8.42 Å². The number of nitrogens with zero attached hydrogens (tertiary/aromatic N) is 1. The molecule has 3 aromatic rings. The number of rotatable bonds is 7. The van der Waals surface area contributed by atoms with E-state index in [1.165, 1.54) is 25.3 Å². The molecule has 0 aliphatic rings. The molecule has 7 nitrogen and oxygen atoms in total. The minimum atomic E-state index is -3.97. The Morgan fingerprint density at radius 1 is 1.10 bits per heavy atom. The van der Waals surface area contributed by atoms with E-state index in [1.807, 2.05) is 6.07 Å². The zero-order valence-electron chi connectivity index (χ0n) is 15.4. The van der Waals surface area contributed by atoms with Crippen LogP contribution in [0.15, 0.2) is 76.2 Å². The van der Waals surface area contributed by atoms with E-state index in [0.717, 1.165) is 4.47 Å². The van der Waals surface area contributed by atoms with Crippen LogP contribution in [-0.2, 0) is 16.6 Å². The summed E-state index contributed by atoms with van der Waals surface area (Å²) in [4.78, 5) is 16.5. The molecule has 1 amide bonds. The Hall–Kier alpha value is -2.91. The van der Waals surface area contributed by atoms with Gasteiger partial charge in [-0.1, -0.05) is 22.0 Å². The first-order valence-electron chi connectivity index (χ1n) is 8.53. The Morgan fingerprint density at radius 3 is 2.52 bits per heavy atom. The molecule has 0 aliphatic heterocycles. The fourth-order valence-corrected chi connectivity index (χ4v) is 4.05. The molecule has 2 N–H and O–H groups in total. The average Bonchev–Trinajstić information content (AvgIpc) is 2.73. The fraction of sp³-hybridized carbons (Fsp3) is 0.100. The Balaban J connectivity index is 1.84. The topological polar surface area (TPSA) is 97.4 Å². The molecule has 0 spiro atoms. The number of benzene rings is 2. The first kappa shape index (κ1) is 20.8. The van der Waals surface area contributed by atoms with E-state index < -0.39 is 15.9 Å². The Morgan fingerprint density at radius 2 is 1.86 bits per heavy atom. The van der Waals surface area contributed by atoms with Gasteiger partial charge in [0.25, 0.3) is 15.9 Å². The highest BCUT2D eigenvalue weighted by molar-refractivity contribution is 9.10. The summed E-state index contributed by atoms with van der Waals surface area (Å²) < 4.78 is 34.2. The predicted molar refractivity (Wildman–Crippen MR) is 113 cm³/mol. The van der Waals surface area contributed by atoms with Crippen LogP contribution in [0.4, 0.5) is 5.69 Å². The maximum atomic E-state index is 12.9. The van der Waals surface area contributed by atoms with Gasteiger partial charge in [0.05, 0.1) is 19.3 Å². The Labute approximate surface area is 177 Å². The zero-order chi connectivity index (χ0) is 20.9. The summed E-state index contributed by atoms with van der Waals surface area (Å²) in [6, 6.07) is 16.3. The van der Waals surface area contributed by atoms with Gasteiger partial charge in [0.1, 0.15) is 10.6 Å². The van der Waals surface area contributed by atoms with Gasteiger partial charge in [-0.05, 0) is 54.6 Å². The van der Waals surface area contributed by atoms with Crippen LogP contribution in [0.1, 0.15) is 16.1 Å². The van der Waals surface area contributed by atoms with Crippen LogP contribution in [0.5, 0.6) is 5.75 Å². The van der Waals surface area contributed by atoms with Crippen LogP contribution in [0.25, 0.3) is 0 Å². The molecule has 9 heteroatoms. The number of aromatic nitrogens is 1. The average molecular weight is 476 g/mol. The summed E-state index contributed by atoms with van der Waals surface area (Å²) in [5, 5.41) is 2.72. The number of anilines is 1. The van der Waals surface area contributed by atoms with Crippen LogP contribution >= 0.6 is 15.9 Å². The normalized spacial score (nSPS) is 11.0. The SMILES string of the molecule is COc1ccc(C(=O)NCc2ccccn2)cc1S(=O)(=O)Nc1ccc(Br)cc1. The van der Waals surface area contributed by atoms with Crippen molar-refractivity contribution in [2.24, 2.45) is 0 Å². The van der Waals surface area contributed by atoms with Crippen molar-refractivity contribution in [3.8, 4) is 5.75 Å². The van der Waals surface area contributed by atoms with Crippen molar-refractivity contribution in [3.05, 3.63) is 82.6 Å². The molecule has 150 valence electrons. The van der Waals surface area contributed by atoms with E-state index in [2.05, 4.69) is 31.0 Å². The van der Waals surface area contributed by atoms with Crippen molar-refractivity contribution in [1.29, 1.82) is 0 Å². The van der Waals surface area contributed by atoms with Crippen LogP contribution in [0.3, 0.4) is 0 Å². The van der Waals surface area contributed by atoms with Crippen LogP contribution in [0, 0.1) is 0 Å². The molecule has 29 heavy (non-hydrogen) atoms. The second kappa shape index (κ2) is 9.06. The molecule has 0 unspecified atom stereocenters. The molecule has 0 aliphatic carbocycles. The van der Waals surface area contributed by atoms with Gasteiger partial charge < -0.3 is 10.1 Å². The van der Waals surface area contributed by atoms with Gasteiger partial charge >= 0.3 is 0 Å². The highest BCUT2D eigenvalue weighted by Gasteiger charge is 2.22. The minimum Gasteiger partial charge on any atom is -0.495 e. The van der Waals surface area contributed by atoms with Gasteiger partial charge in [0, 0.05) is 21.9 Å². The number of sulfonamides is 1. The lowest BCUT2D eigenvalue weighted by atomic mass is 10.2. The first-order valence-corrected chi connectivity index (χ1v) is 10.8. The number of nitrogens with one attached hydrogen (secondary N) is 2. The molecule has 0 saturated heterocycles. The van der Waals surface area contributed by atoms with E-state index >= 15 is 0 Å². The lowest BCUT2D eigenvalue weighted by Crippen LogP contribution is -2.24. The van der Waals surface area contributed by atoms with E-state index in [4.69, 9.17) is 4.74 Å². The molecule has 0 atom stereocenters. The van der Waals surface area contributed by atoms with Crippen LogP contribution in [0.2, 0.25) is 0 Å². The van der Waals surface area contributed by atoms with Crippen molar-refractivity contribution in [1.82, 2.24) is 10.3 Å². The molecule has 0 radical (unpaired) electrons. The van der Waals surface area contributed by atoms with Gasteiger partial charge in [0.15, 0.2) is 0 Å². The Kier molecular flexibility index (Phi) is 6.50. The van der Waals surface area contributed by atoms with Gasteiger partial charge in [0.2, 0.25) is 0 Å². The smallest absolute Gasteiger partial charge is 0.265 e. The lowest BCUT2D eigenvalue weighted by molar-refractivity contribution is 0.0950. The largest absolute Gasteiger partial charge is 0.495 e. The molecule has 1 aromatic heterocycles. The molecule has 2 aromatic carbocycles. The predicted octanol–water partition coefficient (Wildman–Crippen LogP) is 3.58. The Bertz CT molecular complexity index is 1100. The maximum Gasteiger partial charge on any atom is 0.265 e. The number of methoxy groups -OCH3 is 1. The molecular weight excluding hydrogens is 458 g/mol. The quantitative estimate of drug-likeness (QED) is 0.544. The molecule has 3 rings (SSSR count). The number of carbonyl (C=O) groups is 1. The molecule has 0 bridgehead atoms. The van der Waals surface area contributed by atoms with Crippen LogP contribution < -0.4 is 14.8 Å². The number of ether oxygens (including phenoxy) is 1. The second-order valence-corrected chi connectivity index (χ2v) is 8.55. The van der Waals surface area contributed by atoms with Crippen molar-refractivity contribution < 1.29 is 17.9 Å². The molecular formula is C20H18BrN3O4S. The highest BCUT2D eigenvalue weighted by Crippen LogP contribution is 2.27. The first-order chi connectivity index (χ1) is 13.9. The lowest BCUT2D eigenvalue weighted by Gasteiger charge is -2.13. The molecule has 0 saturated carbocycles. The minimum absolute atomic E-state index is 0.131. The number of halogens is 1. The van der Waals surface area contributed by atoms with Crippen LogP contribution in [-0.4, -0.2) is 26.4 Å². The third kappa shape index (κ3) is 5.33. The van der Waals surface area contributed by atoms with E-state index in [0.29, 0.717) is 11.4 Å². The highest BCUT2D eigenvalue weighted by atomic mass is 79.9. The van der Waals surface area contributed by atoms with Crippen molar-refractivity contribution >= 4 is 37.5 Å². The monoisotopic (exact) mass is 475 g/mol. The molecule has 0 fully saturated rings. The van der Waals surface area contributed by atoms with E-state index in [-0.39, 0.29) is 22.8 Å². The number of hydrogen-bond donors (Lipinski definition) is 2. The summed E-state index contributed by atoms with van der Waals surface area (Å²) in [6.45, 7) is 0.227. The number of carbonyl (C=O) groups excluding carboxylic acids is 1. The summed E-state index contributed by atoms with van der Waals surface area (Å²) in [5.41, 5.74) is 1.28. The standard InChI is InChI=1S/C20H18BrN3O4S/c1-28-18-10-5-14(20(25)23-13-17-4-2-3-11-22-17)12-19(18)29(26,27)24-16-8-6-15(21)7-9-16/h2-12,24H,13H2,1H3,(H,23,25). The number of pyridine rings is 1. The van der Waals surface area contributed by atoms with E-state index in [9.17, 15) is 13.2 Å². The summed E-state index contributed by atoms with van der Waals surface area (Å²) in [5.74, 6) is -0.283. The van der Waals surface area contributed by atoms with Gasteiger partial charge in [-0.2, -0.15) is 0 Å². The summed E-state index contributed by atoms with van der Waals surface area (Å²) in [7, 11) is -2.60. The zero-order valence-corrected chi connectivity index (χ0v) is 17.8.